The number of hydrogen-bond donors (Lipinski definition) is 2. The largest absolute Gasteiger partial charge is 0.396 e. The monoisotopic (exact) mass is 404 g/mol. The van der Waals surface area contributed by atoms with Gasteiger partial charge in [-0.2, -0.15) is 0 Å². The van der Waals surface area contributed by atoms with Crippen molar-refractivity contribution < 1.29 is 15.0 Å². The van der Waals surface area contributed by atoms with Crippen LogP contribution < -0.4 is 0 Å². The Labute approximate surface area is 178 Å². The molecule has 10 atom stereocenters. The van der Waals surface area contributed by atoms with Gasteiger partial charge in [-0.25, -0.2) is 0 Å². The Morgan fingerprint density at radius 1 is 1.03 bits per heavy atom. The van der Waals surface area contributed by atoms with Crippen molar-refractivity contribution in [2.45, 2.75) is 98.0 Å². The third-order valence-electron chi connectivity index (χ3n) is 10.7. The lowest BCUT2D eigenvalue weighted by Gasteiger charge is -2.62. The standard InChI is InChI=1S/C26H44O3/c1-5-18-22-15-17(28)10-12-26(22,4)21-11-13-25(3)19(16(2)7-6-14-27)8-9-20(25)23(21)24(18)29/h16-23,27-28H,5-15H2,1-4H3/t16?,17?,18?,19?,20?,21?,22?,23?,25-,26-/m1/s1. The van der Waals surface area contributed by atoms with Crippen LogP contribution in [0.3, 0.4) is 0 Å². The molecule has 4 aliphatic carbocycles. The number of carbonyl (C=O) groups excluding carboxylic acids is 1. The average Bonchev–Trinajstić information content (AvgIpc) is 3.05. The zero-order valence-corrected chi connectivity index (χ0v) is 19.2. The van der Waals surface area contributed by atoms with E-state index >= 15 is 0 Å². The van der Waals surface area contributed by atoms with Gasteiger partial charge in [0.05, 0.1) is 6.10 Å². The number of rotatable bonds is 5. The Morgan fingerprint density at radius 2 is 1.72 bits per heavy atom. The highest BCUT2D eigenvalue weighted by Crippen LogP contribution is 2.68. The van der Waals surface area contributed by atoms with Gasteiger partial charge < -0.3 is 10.2 Å². The highest BCUT2D eigenvalue weighted by molar-refractivity contribution is 5.86. The van der Waals surface area contributed by atoms with Crippen LogP contribution in [-0.4, -0.2) is 28.7 Å². The minimum atomic E-state index is -0.205. The van der Waals surface area contributed by atoms with E-state index < -0.39 is 0 Å². The number of aliphatic hydroxyl groups excluding tert-OH is 2. The molecule has 0 saturated heterocycles. The van der Waals surface area contributed by atoms with E-state index in [1.54, 1.807) is 0 Å². The van der Waals surface area contributed by atoms with E-state index in [-0.39, 0.29) is 23.4 Å². The predicted octanol–water partition coefficient (Wildman–Crippen LogP) is 5.23. The quantitative estimate of drug-likeness (QED) is 0.659. The summed E-state index contributed by atoms with van der Waals surface area (Å²) in [5.41, 5.74) is 0.530. The lowest BCUT2D eigenvalue weighted by molar-refractivity contribution is -0.173. The molecule has 0 bridgehead atoms. The summed E-state index contributed by atoms with van der Waals surface area (Å²) in [6.45, 7) is 9.87. The molecular formula is C26H44O3. The number of fused-ring (bicyclic) bond motifs is 5. The molecule has 0 heterocycles. The van der Waals surface area contributed by atoms with E-state index in [9.17, 15) is 15.0 Å². The van der Waals surface area contributed by atoms with Crippen molar-refractivity contribution in [3.8, 4) is 0 Å². The molecule has 166 valence electrons. The predicted molar refractivity (Wildman–Crippen MR) is 116 cm³/mol. The van der Waals surface area contributed by atoms with Crippen molar-refractivity contribution >= 4 is 5.78 Å². The summed E-state index contributed by atoms with van der Waals surface area (Å²) in [7, 11) is 0. The summed E-state index contributed by atoms with van der Waals surface area (Å²) in [6.07, 6.45) is 10.6. The van der Waals surface area contributed by atoms with Crippen LogP contribution >= 0.6 is 0 Å². The van der Waals surface area contributed by atoms with E-state index in [4.69, 9.17) is 0 Å². The van der Waals surface area contributed by atoms with Gasteiger partial charge in [0, 0.05) is 18.4 Å². The smallest absolute Gasteiger partial charge is 0.139 e. The van der Waals surface area contributed by atoms with Crippen molar-refractivity contribution in [1.29, 1.82) is 0 Å². The number of carbonyl (C=O) groups is 1. The summed E-state index contributed by atoms with van der Waals surface area (Å²) >= 11 is 0. The van der Waals surface area contributed by atoms with Gasteiger partial charge in [-0.1, -0.05) is 27.7 Å². The van der Waals surface area contributed by atoms with Gasteiger partial charge in [0.15, 0.2) is 0 Å². The van der Waals surface area contributed by atoms with Crippen LogP contribution in [0.1, 0.15) is 91.9 Å². The minimum Gasteiger partial charge on any atom is -0.396 e. The van der Waals surface area contributed by atoms with Crippen molar-refractivity contribution in [3.05, 3.63) is 0 Å². The molecule has 3 heteroatoms. The van der Waals surface area contributed by atoms with Crippen molar-refractivity contribution in [3.63, 3.8) is 0 Å². The molecule has 0 radical (unpaired) electrons. The second-order valence-corrected chi connectivity index (χ2v) is 11.8. The van der Waals surface area contributed by atoms with Crippen molar-refractivity contribution in [2.75, 3.05) is 6.61 Å². The fourth-order valence-electron chi connectivity index (χ4n) is 9.22. The Bertz CT molecular complexity index is 617. The molecule has 0 aliphatic heterocycles. The van der Waals surface area contributed by atoms with Gasteiger partial charge in [0.2, 0.25) is 0 Å². The van der Waals surface area contributed by atoms with Crippen LogP contribution in [0.5, 0.6) is 0 Å². The third kappa shape index (κ3) is 3.25. The number of ketones is 1. The third-order valence-corrected chi connectivity index (χ3v) is 10.7. The molecule has 4 aliphatic rings. The van der Waals surface area contributed by atoms with Gasteiger partial charge in [0.1, 0.15) is 5.78 Å². The van der Waals surface area contributed by atoms with Crippen molar-refractivity contribution in [2.24, 2.45) is 52.3 Å². The Hall–Kier alpha value is -0.410. The van der Waals surface area contributed by atoms with E-state index in [0.717, 1.165) is 38.5 Å². The number of aliphatic hydroxyl groups is 2. The molecule has 4 rings (SSSR count). The lowest BCUT2D eigenvalue weighted by Crippen LogP contribution is -2.60. The topological polar surface area (TPSA) is 57.5 Å². The molecule has 29 heavy (non-hydrogen) atoms. The van der Waals surface area contributed by atoms with Crippen LogP contribution in [0.15, 0.2) is 0 Å². The van der Waals surface area contributed by atoms with Crippen LogP contribution in [0, 0.1) is 52.3 Å². The van der Waals surface area contributed by atoms with Gasteiger partial charge >= 0.3 is 0 Å². The Balaban J connectivity index is 1.64. The van der Waals surface area contributed by atoms with Crippen LogP contribution in [0.25, 0.3) is 0 Å². The first-order valence-electron chi connectivity index (χ1n) is 12.6. The molecule has 0 amide bonds. The van der Waals surface area contributed by atoms with Gasteiger partial charge in [-0.3, -0.25) is 4.79 Å². The highest BCUT2D eigenvalue weighted by Gasteiger charge is 2.64. The van der Waals surface area contributed by atoms with Gasteiger partial charge in [-0.05, 0) is 105 Å². The fraction of sp³-hybridized carbons (Fsp3) is 0.962. The molecule has 2 N–H and O–H groups in total. The molecule has 4 saturated carbocycles. The maximum atomic E-state index is 13.9. The van der Waals surface area contributed by atoms with E-state index in [0.29, 0.717) is 47.4 Å². The number of Topliss-reactive ketones (excluding diaryl/α,β-unsaturated/α-hetero) is 1. The SMILES string of the molecule is CCC1C(=O)C2C(CC[C@]3(C)C(C(C)CCCO)CCC23)[C@@]2(C)CCC(O)CC12. The zero-order valence-electron chi connectivity index (χ0n) is 19.2. The van der Waals surface area contributed by atoms with Gasteiger partial charge in [-0.15, -0.1) is 0 Å². The van der Waals surface area contributed by atoms with E-state index in [2.05, 4.69) is 27.7 Å². The van der Waals surface area contributed by atoms with E-state index in [1.165, 1.54) is 25.7 Å². The first-order chi connectivity index (χ1) is 13.8. The Kier molecular flexibility index (Phi) is 5.97. The highest BCUT2D eigenvalue weighted by atomic mass is 16.3. The summed E-state index contributed by atoms with van der Waals surface area (Å²) in [5.74, 6) is 3.78. The average molecular weight is 405 g/mol. The first-order valence-corrected chi connectivity index (χ1v) is 12.6. The maximum absolute atomic E-state index is 13.9. The second-order valence-electron chi connectivity index (χ2n) is 11.8. The second kappa shape index (κ2) is 7.93. The molecule has 0 aromatic heterocycles. The zero-order chi connectivity index (χ0) is 21.0. The van der Waals surface area contributed by atoms with Crippen molar-refractivity contribution in [1.82, 2.24) is 0 Å². The van der Waals surface area contributed by atoms with Crippen LogP contribution in [0.4, 0.5) is 0 Å². The maximum Gasteiger partial charge on any atom is 0.139 e. The summed E-state index contributed by atoms with van der Waals surface area (Å²) in [5, 5.41) is 19.7. The molecule has 0 aromatic carbocycles. The summed E-state index contributed by atoms with van der Waals surface area (Å²) in [6, 6.07) is 0. The number of hydrogen-bond acceptors (Lipinski definition) is 3. The fourth-order valence-corrected chi connectivity index (χ4v) is 9.22. The molecule has 0 aromatic rings. The van der Waals surface area contributed by atoms with Crippen LogP contribution in [-0.2, 0) is 4.79 Å². The first kappa shape index (κ1) is 21.8. The van der Waals surface area contributed by atoms with E-state index in [1.807, 2.05) is 0 Å². The summed E-state index contributed by atoms with van der Waals surface area (Å²) in [4.78, 5) is 13.9. The van der Waals surface area contributed by atoms with Crippen LogP contribution in [0.2, 0.25) is 0 Å². The molecule has 8 unspecified atom stereocenters. The van der Waals surface area contributed by atoms with Gasteiger partial charge in [0.25, 0.3) is 0 Å². The minimum absolute atomic E-state index is 0.157. The molecule has 0 spiro atoms. The normalized spacial score (nSPS) is 50.6. The summed E-state index contributed by atoms with van der Waals surface area (Å²) < 4.78 is 0. The molecular weight excluding hydrogens is 360 g/mol. The lowest BCUT2D eigenvalue weighted by atomic mass is 9.42. The molecule has 4 fully saturated rings. The Morgan fingerprint density at radius 3 is 2.41 bits per heavy atom. The molecule has 3 nitrogen and oxygen atoms in total.